The van der Waals surface area contributed by atoms with Crippen LogP contribution in [0.5, 0.6) is 0 Å². The molecule has 2 amide bonds. The van der Waals surface area contributed by atoms with Crippen LogP contribution in [0.2, 0.25) is 0 Å². The van der Waals surface area contributed by atoms with Gasteiger partial charge in [0.05, 0.1) is 19.2 Å². The van der Waals surface area contributed by atoms with E-state index in [1.165, 1.54) is 0 Å². The normalized spacial score (nSPS) is 12.0. The number of hydrogen-bond acceptors (Lipinski definition) is 5. The molecular formula is C19H26N4O4. The van der Waals surface area contributed by atoms with Crippen LogP contribution in [0.25, 0.3) is 10.9 Å². The second kappa shape index (κ2) is 9.18. The molecule has 0 aliphatic carbocycles. The minimum absolute atomic E-state index is 0.00545. The molecule has 1 heterocycles. The van der Waals surface area contributed by atoms with E-state index in [-0.39, 0.29) is 36.8 Å². The Morgan fingerprint density at radius 3 is 2.63 bits per heavy atom. The van der Waals surface area contributed by atoms with Gasteiger partial charge >= 0.3 is 5.97 Å². The van der Waals surface area contributed by atoms with Gasteiger partial charge in [0.15, 0.2) is 0 Å². The van der Waals surface area contributed by atoms with Gasteiger partial charge in [0, 0.05) is 22.8 Å². The van der Waals surface area contributed by atoms with Crippen molar-refractivity contribution < 1.29 is 19.1 Å². The number of hydrogen-bond donors (Lipinski definition) is 3. The lowest BCUT2D eigenvalue weighted by molar-refractivity contribution is -0.143. The van der Waals surface area contributed by atoms with Crippen molar-refractivity contribution in [1.29, 1.82) is 0 Å². The number of nitrogens with zero attached hydrogens (tertiary/aromatic N) is 1. The number of ether oxygens (including phenoxy) is 1. The Morgan fingerprint density at radius 2 is 1.96 bits per heavy atom. The molecule has 0 unspecified atom stereocenters. The van der Waals surface area contributed by atoms with E-state index < -0.39 is 6.04 Å². The zero-order valence-corrected chi connectivity index (χ0v) is 15.8. The fraction of sp³-hybridized carbons (Fsp3) is 0.421. The Hall–Kier alpha value is -2.87. The molecule has 2 rings (SSSR count). The van der Waals surface area contributed by atoms with Crippen LogP contribution in [-0.4, -0.2) is 41.5 Å². The summed E-state index contributed by atoms with van der Waals surface area (Å²) in [5.74, 6) is -1.01. The molecule has 8 heteroatoms. The fourth-order valence-electron chi connectivity index (χ4n) is 2.55. The molecule has 0 spiro atoms. The van der Waals surface area contributed by atoms with Gasteiger partial charge < -0.3 is 25.7 Å². The molecule has 27 heavy (non-hydrogen) atoms. The molecule has 0 bridgehead atoms. The summed E-state index contributed by atoms with van der Waals surface area (Å²) in [4.78, 5) is 35.5. The van der Waals surface area contributed by atoms with E-state index >= 15 is 0 Å². The van der Waals surface area contributed by atoms with Crippen molar-refractivity contribution >= 4 is 34.4 Å². The van der Waals surface area contributed by atoms with Gasteiger partial charge in [0.1, 0.15) is 6.54 Å². The van der Waals surface area contributed by atoms with E-state index in [4.69, 9.17) is 10.5 Å². The number of aromatic nitrogens is 1. The predicted octanol–water partition coefficient (Wildman–Crippen LogP) is 1.24. The maximum Gasteiger partial charge on any atom is 0.325 e. The molecule has 1 aromatic carbocycles. The maximum absolute atomic E-state index is 12.0. The number of fused-ring (bicyclic) bond motifs is 1. The maximum atomic E-state index is 12.0. The monoisotopic (exact) mass is 374 g/mol. The van der Waals surface area contributed by atoms with Crippen molar-refractivity contribution in [1.82, 2.24) is 9.88 Å². The lowest BCUT2D eigenvalue weighted by atomic mass is 10.1. The Labute approximate surface area is 158 Å². The molecule has 8 nitrogen and oxygen atoms in total. The Morgan fingerprint density at radius 1 is 1.22 bits per heavy atom. The third kappa shape index (κ3) is 5.55. The Kier molecular flexibility index (Phi) is 6.95. The van der Waals surface area contributed by atoms with Crippen LogP contribution < -0.4 is 16.4 Å². The van der Waals surface area contributed by atoms with Crippen LogP contribution >= 0.6 is 0 Å². The van der Waals surface area contributed by atoms with Gasteiger partial charge in [-0.3, -0.25) is 14.4 Å². The predicted molar refractivity (Wildman–Crippen MR) is 103 cm³/mol. The quantitative estimate of drug-likeness (QED) is 0.601. The van der Waals surface area contributed by atoms with E-state index in [1.807, 2.05) is 26.0 Å². The molecule has 2 aromatic rings. The van der Waals surface area contributed by atoms with Gasteiger partial charge in [-0.05, 0) is 37.1 Å². The highest BCUT2D eigenvalue weighted by Crippen LogP contribution is 2.20. The first-order valence-electron chi connectivity index (χ1n) is 8.89. The number of rotatable bonds is 8. The average Bonchev–Trinajstić information content (AvgIpc) is 3.01. The van der Waals surface area contributed by atoms with Crippen LogP contribution in [0.4, 0.5) is 5.69 Å². The summed E-state index contributed by atoms with van der Waals surface area (Å²) in [6.07, 6.45) is 1.79. The van der Waals surface area contributed by atoms with Gasteiger partial charge in [-0.2, -0.15) is 0 Å². The van der Waals surface area contributed by atoms with Crippen molar-refractivity contribution in [2.75, 3.05) is 18.5 Å². The first-order chi connectivity index (χ1) is 12.8. The number of nitrogens with two attached hydrogens (primary N) is 1. The number of benzene rings is 1. The van der Waals surface area contributed by atoms with Crippen molar-refractivity contribution in [3.8, 4) is 0 Å². The molecule has 0 aliphatic heterocycles. The van der Waals surface area contributed by atoms with Crippen molar-refractivity contribution in [3.05, 3.63) is 30.5 Å². The van der Waals surface area contributed by atoms with Gasteiger partial charge in [-0.15, -0.1) is 0 Å². The van der Waals surface area contributed by atoms with Crippen molar-refractivity contribution in [2.24, 2.45) is 11.7 Å². The Bertz CT molecular complexity index is 828. The first-order valence-corrected chi connectivity index (χ1v) is 8.89. The van der Waals surface area contributed by atoms with E-state index in [0.29, 0.717) is 12.3 Å². The van der Waals surface area contributed by atoms with Crippen LogP contribution in [0, 0.1) is 5.92 Å². The lowest BCUT2D eigenvalue weighted by Gasteiger charge is -2.15. The standard InChI is InChI=1S/C19H26N4O4/c1-4-27-17(25)11-23-8-7-13-9-14(5-6-15(13)23)22-16(24)10-21-19(26)18(20)12(2)3/h5-9,12,18H,4,10-11,20H2,1-3H3,(H,21,26)(H,22,24)/t18-/m0/s1. The van der Waals surface area contributed by atoms with E-state index in [1.54, 1.807) is 29.8 Å². The Balaban J connectivity index is 1.96. The largest absolute Gasteiger partial charge is 0.465 e. The molecule has 0 aliphatic rings. The summed E-state index contributed by atoms with van der Waals surface area (Å²) in [7, 11) is 0. The first kappa shape index (κ1) is 20.4. The number of anilines is 1. The third-order valence-corrected chi connectivity index (χ3v) is 4.10. The number of carbonyl (C=O) groups is 3. The van der Waals surface area contributed by atoms with Gasteiger partial charge in [-0.1, -0.05) is 13.8 Å². The molecule has 1 atom stereocenters. The van der Waals surface area contributed by atoms with Gasteiger partial charge in [0.2, 0.25) is 11.8 Å². The van der Waals surface area contributed by atoms with E-state index in [9.17, 15) is 14.4 Å². The van der Waals surface area contributed by atoms with E-state index in [0.717, 1.165) is 10.9 Å². The average molecular weight is 374 g/mol. The smallest absolute Gasteiger partial charge is 0.325 e. The molecule has 0 saturated heterocycles. The number of carbonyl (C=O) groups excluding carboxylic acids is 3. The second-order valence-electron chi connectivity index (χ2n) is 6.56. The number of nitrogens with one attached hydrogen (secondary N) is 2. The highest BCUT2D eigenvalue weighted by molar-refractivity contribution is 5.97. The van der Waals surface area contributed by atoms with Crippen molar-refractivity contribution in [2.45, 2.75) is 33.4 Å². The van der Waals surface area contributed by atoms with Crippen LogP contribution in [0.3, 0.4) is 0 Å². The molecule has 0 radical (unpaired) electrons. The SMILES string of the molecule is CCOC(=O)Cn1ccc2cc(NC(=O)CNC(=O)[C@@H](N)C(C)C)ccc21. The second-order valence-corrected chi connectivity index (χ2v) is 6.56. The van der Waals surface area contributed by atoms with Gasteiger partial charge in [0.25, 0.3) is 0 Å². The van der Waals surface area contributed by atoms with Crippen molar-refractivity contribution in [3.63, 3.8) is 0 Å². The van der Waals surface area contributed by atoms with Crippen LogP contribution in [-0.2, 0) is 25.7 Å². The summed E-state index contributed by atoms with van der Waals surface area (Å²) in [6, 6.07) is 6.57. The summed E-state index contributed by atoms with van der Waals surface area (Å²) < 4.78 is 6.74. The topological polar surface area (TPSA) is 115 Å². The lowest BCUT2D eigenvalue weighted by Crippen LogP contribution is -2.46. The molecule has 0 saturated carbocycles. The summed E-state index contributed by atoms with van der Waals surface area (Å²) in [5, 5.41) is 6.14. The molecule has 0 fully saturated rings. The van der Waals surface area contributed by atoms with E-state index in [2.05, 4.69) is 10.6 Å². The highest BCUT2D eigenvalue weighted by Gasteiger charge is 2.17. The zero-order valence-electron chi connectivity index (χ0n) is 15.8. The van der Waals surface area contributed by atoms with Gasteiger partial charge in [-0.25, -0.2) is 0 Å². The highest BCUT2D eigenvalue weighted by atomic mass is 16.5. The van der Waals surface area contributed by atoms with Crippen LogP contribution in [0.15, 0.2) is 30.5 Å². The summed E-state index contributed by atoms with van der Waals surface area (Å²) >= 11 is 0. The minimum atomic E-state index is -0.645. The molecule has 4 N–H and O–H groups in total. The summed E-state index contributed by atoms with van der Waals surface area (Å²) in [6.45, 7) is 5.76. The number of esters is 1. The molecular weight excluding hydrogens is 348 g/mol. The minimum Gasteiger partial charge on any atom is -0.465 e. The zero-order chi connectivity index (χ0) is 20.0. The summed E-state index contributed by atoms with van der Waals surface area (Å²) in [5.41, 5.74) is 7.20. The fourth-order valence-corrected chi connectivity index (χ4v) is 2.55. The third-order valence-electron chi connectivity index (χ3n) is 4.10. The molecule has 146 valence electrons. The molecule has 1 aromatic heterocycles. The van der Waals surface area contributed by atoms with Crippen LogP contribution in [0.1, 0.15) is 20.8 Å². The number of amides is 2.